The summed E-state index contributed by atoms with van der Waals surface area (Å²) in [7, 11) is 4.55. The topological polar surface area (TPSA) is 26.0 Å². The smallest absolute Gasteiger partial charge is 0.146 e. The molecule has 0 spiro atoms. The minimum Gasteiger partial charge on any atom is -1.00 e. The average molecular weight is 412 g/mol. The first kappa shape index (κ1) is 23.9. The quantitative estimate of drug-likeness (QED) is 0.213. The van der Waals surface area contributed by atoms with Crippen molar-refractivity contribution >= 4 is 0 Å². The first-order valence-corrected chi connectivity index (χ1v) is 8.99. The standard InChI is InChI=1S/C18H41N2.HI/c1-6-8-9-10-11-12-13-14-15-16-17-20(4,5)18(3,19)7-2;/h6-17,19H2,1-5H3;1H/q+1;/p-1. The first-order chi connectivity index (χ1) is 9.37. The van der Waals surface area contributed by atoms with Gasteiger partial charge in [-0.2, -0.15) is 0 Å². The fourth-order valence-electron chi connectivity index (χ4n) is 2.68. The van der Waals surface area contributed by atoms with Crippen LogP contribution in [0.5, 0.6) is 0 Å². The Labute approximate surface area is 151 Å². The van der Waals surface area contributed by atoms with Crippen molar-refractivity contribution in [3.8, 4) is 0 Å². The Hall–Kier alpha value is 0.650. The highest BCUT2D eigenvalue weighted by Crippen LogP contribution is 2.20. The van der Waals surface area contributed by atoms with Gasteiger partial charge in [0, 0.05) is 13.3 Å². The number of unbranched alkanes of at least 4 members (excludes halogenated alkanes) is 9. The molecule has 0 aromatic heterocycles. The van der Waals surface area contributed by atoms with Crippen molar-refractivity contribution in [2.45, 2.75) is 97.1 Å². The zero-order chi connectivity index (χ0) is 15.5. The normalized spacial score (nSPS) is 14.6. The summed E-state index contributed by atoms with van der Waals surface area (Å²) in [5.74, 6) is 0. The van der Waals surface area contributed by atoms with Gasteiger partial charge >= 0.3 is 0 Å². The van der Waals surface area contributed by atoms with Crippen molar-refractivity contribution in [2.75, 3.05) is 20.6 Å². The Morgan fingerprint density at radius 3 is 1.52 bits per heavy atom. The van der Waals surface area contributed by atoms with Crippen LogP contribution in [0.15, 0.2) is 0 Å². The molecule has 1 unspecified atom stereocenters. The molecule has 0 amide bonds. The van der Waals surface area contributed by atoms with Crippen LogP contribution in [0.2, 0.25) is 0 Å². The van der Waals surface area contributed by atoms with E-state index in [-0.39, 0.29) is 29.6 Å². The van der Waals surface area contributed by atoms with E-state index in [0.717, 1.165) is 10.9 Å². The van der Waals surface area contributed by atoms with Crippen molar-refractivity contribution < 1.29 is 28.5 Å². The van der Waals surface area contributed by atoms with Crippen LogP contribution in [0.3, 0.4) is 0 Å². The van der Waals surface area contributed by atoms with E-state index < -0.39 is 0 Å². The lowest BCUT2D eigenvalue weighted by Gasteiger charge is -2.43. The van der Waals surface area contributed by atoms with Gasteiger partial charge in [0.25, 0.3) is 0 Å². The second kappa shape index (κ2) is 13.1. The van der Waals surface area contributed by atoms with Gasteiger partial charge in [-0.25, -0.2) is 0 Å². The van der Waals surface area contributed by atoms with E-state index >= 15 is 0 Å². The summed E-state index contributed by atoms with van der Waals surface area (Å²) in [6.07, 6.45) is 15.1. The lowest BCUT2D eigenvalue weighted by atomic mass is 10.0. The Morgan fingerprint density at radius 1 is 0.762 bits per heavy atom. The molecule has 1 atom stereocenters. The molecule has 0 heterocycles. The fraction of sp³-hybridized carbons (Fsp3) is 1.00. The third-order valence-electron chi connectivity index (χ3n) is 5.17. The summed E-state index contributed by atoms with van der Waals surface area (Å²) in [5.41, 5.74) is 6.30. The van der Waals surface area contributed by atoms with Crippen molar-refractivity contribution in [3.63, 3.8) is 0 Å². The lowest BCUT2D eigenvalue weighted by Crippen LogP contribution is -3.00. The maximum absolute atomic E-state index is 6.39. The van der Waals surface area contributed by atoms with Crippen LogP contribution in [0, 0.1) is 0 Å². The molecule has 0 aliphatic heterocycles. The van der Waals surface area contributed by atoms with Crippen molar-refractivity contribution in [1.82, 2.24) is 0 Å². The van der Waals surface area contributed by atoms with E-state index in [1.54, 1.807) is 0 Å². The second-order valence-electron chi connectivity index (χ2n) is 7.30. The molecule has 130 valence electrons. The van der Waals surface area contributed by atoms with Gasteiger partial charge in [0.05, 0.1) is 20.6 Å². The average Bonchev–Trinajstić information content (AvgIpc) is 2.40. The predicted octanol–water partition coefficient (Wildman–Crippen LogP) is 2.07. The van der Waals surface area contributed by atoms with Gasteiger partial charge in [-0.05, 0) is 12.8 Å². The number of hydrogen-bond donors (Lipinski definition) is 1. The van der Waals surface area contributed by atoms with E-state index in [1.165, 1.54) is 70.8 Å². The van der Waals surface area contributed by atoms with Gasteiger partial charge in [-0.3, -0.25) is 5.73 Å². The lowest BCUT2D eigenvalue weighted by molar-refractivity contribution is -0.940. The molecule has 3 heteroatoms. The van der Waals surface area contributed by atoms with Gasteiger partial charge in [-0.15, -0.1) is 0 Å². The van der Waals surface area contributed by atoms with Gasteiger partial charge in [-0.1, -0.05) is 65.2 Å². The molecule has 0 bridgehead atoms. The van der Waals surface area contributed by atoms with Crippen LogP contribution in [-0.2, 0) is 0 Å². The molecule has 0 rings (SSSR count). The van der Waals surface area contributed by atoms with Crippen LogP contribution < -0.4 is 29.7 Å². The van der Waals surface area contributed by atoms with Crippen LogP contribution in [0.1, 0.15) is 91.4 Å². The van der Waals surface area contributed by atoms with E-state index in [2.05, 4.69) is 34.9 Å². The number of hydrogen-bond acceptors (Lipinski definition) is 1. The molecular formula is C18H41IN2. The van der Waals surface area contributed by atoms with Crippen LogP contribution in [0.4, 0.5) is 0 Å². The summed E-state index contributed by atoms with van der Waals surface area (Å²) in [6, 6.07) is 0. The summed E-state index contributed by atoms with van der Waals surface area (Å²) >= 11 is 0. The van der Waals surface area contributed by atoms with Gasteiger partial charge in [0.15, 0.2) is 0 Å². The third kappa shape index (κ3) is 10.9. The first-order valence-electron chi connectivity index (χ1n) is 8.99. The van der Waals surface area contributed by atoms with Gasteiger partial charge in [0.2, 0.25) is 0 Å². The maximum Gasteiger partial charge on any atom is 0.146 e. The highest BCUT2D eigenvalue weighted by Gasteiger charge is 2.34. The molecule has 0 aliphatic rings. The van der Waals surface area contributed by atoms with Crippen molar-refractivity contribution in [1.29, 1.82) is 0 Å². The number of rotatable bonds is 13. The summed E-state index contributed by atoms with van der Waals surface area (Å²) in [4.78, 5) is 0. The monoisotopic (exact) mass is 412 g/mol. The molecule has 0 aromatic rings. The minimum absolute atomic E-state index is 0. The molecule has 21 heavy (non-hydrogen) atoms. The summed E-state index contributed by atoms with van der Waals surface area (Å²) in [6.45, 7) is 7.87. The zero-order valence-electron chi connectivity index (χ0n) is 15.4. The molecule has 2 N–H and O–H groups in total. The molecule has 2 nitrogen and oxygen atoms in total. The Balaban J connectivity index is 0. The van der Waals surface area contributed by atoms with Crippen LogP contribution in [-0.4, -0.2) is 30.8 Å². The summed E-state index contributed by atoms with van der Waals surface area (Å²) < 4.78 is 0.945. The van der Waals surface area contributed by atoms with E-state index in [0.29, 0.717) is 0 Å². The Bertz CT molecular complexity index is 227. The van der Waals surface area contributed by atoms with E-state index in [4.69, 9.17) is 5.73 Å². The fourth-order valence-corrected chi connectivity index (χ4v) is 2.68. The van der Waals surface area contributed by atoms with Crippen molar-refractivity contribution in [3.05, 3.63) is 0 Å². The molecule has 0 aromatic carbocycles. The highest BCUT2D eigenvalue weighted by atomic mass is 127. The predicted molar refractivity (Wildman–Crippen MR) is 91.7 cm³/mol. The van der Waals surface area contributed by atoms with Crippen LogP contribution >= 0.6 is 0 Å². The highest BCUT2D eigenvalue weighted by molar-refractivity contribution is 4.64. The Morgan fingerprint density at radius 2 is 1.14 bits per heavy atom. The molecule has 0 aliphatic carbocycles. The largest absolute Gasteiger partial charge is 1.00 e. The molecule has 0 saturated heterocycles. The Kier molecular flexibility index (Phi) is 14.9. The molecule has 0 saturated carbocycles. The minimum atomic E-state index is -0.0840. The zero-order valence-corrected chi connectivity index (χ0v) is 17.5. The molecule has 0 radical (unpaired) electrons. The number of quaternary nitrogens is 1. The van der Waals surface area contributed by atoms with Gasteiger partial charge < -0.3 is 28.5 Å². The summed E-state index contributed by atoms with van der Waals surface area (Å²) in [5, 5.41) is 0. The third-order valence-corrected chi connectivity index (χ3v) is 5.17. The SMILES string of the molecule is CCCCCCCCCCCC[N+](C)(C)C(C)(N)CC.[I-]. The molecular weight excluding hydrogens is 371 g/mol. The second-order valence-corrected chi connectivity index (χ2v) is 7.30. The number of nitrogens with two attached hydrogens (primary N) is 1. The van der Waals surface area contributed by atoms with E-state index in [9.17, 15) is 0 Å². The number of nitrogens with zero attached hydrogens (tertiary/aromatic N) is 1. The van der Waals surface area contributed by atoms with Crippen LogP contribution in [0.25, 0.3) is 0 Å². The van der Waals surface area contributed by atoms with Gasteiger partial charge in [0.1, 0.15) is 5.66 Å². The molecule has 0 fully saturated rings. The number of halogens is 1. The maximum atomic E-state index is 6.39. The van der Waals surface area contributed by atoms with Crippen molar-refractivity contribution in [2.24, 2.45) is 5.73 Å². The van der Waals surface area contributed by atoms with E-state index in [1.807, 2.05) is 0 Å².